The normalized spacial score (nSPS) is 13.2. The minimum atomic E-state index is -3.98. The number of methoxy groups -OCH3 is 1. The van der Waals surface area contributed by atoms with E-state index in [1.807, 2.05) is 0 Å². The van der Waals surface area contributed by atoms with Crippen molar-refractivity contribution in [2.75, 3.05) is 23.3 Å². The van der Waals surface area contributed by atoms with Crippen molar-refractivity contribution in [1.82, 2.24) is 0 Å². The number of anilines is 2. The van der Waals surface area contributed by atoms with Crippen molar-refractivity contribution in [2.45, 2.75) is 17.7 Å². The van der Waals surface area contributed by atoms with E-state index in [0.717, 1.165) is 5.56 Å². The number of fused-ring (bicyclic) bond motifs is 1. The number of esters is 1. The monoisotopic (exact) mass is 484 g/mol. The van der Waals surface area contributed by atoms with Crippen LogP contribution in [0.25, 0.3) is 0 Å². The summed E-state index contributed by atoms with van der Waals surface area (Å²) in [5.74, 6) is -0.816. The second kappa shape index (κ2) is 9.25. The Hall–Kier alpha value is -3.36. The van der Waals surface area contributed by atoms with E-state index in [-0.39, 0.29) is 22.1 Å². The molecule has 4 rings (SSSR count). The molecular formula is C24H21ClN2O5S. The van der Waals surface area contributed by atoms with Gasteiger partial charge in [0.2, 0.25) is 0 Å². The number of ether oxygens (including phenoxy) is 1. The van der Waals surface area contributed by atoms with Gasteiger partial charge in [-0.25, -0.2) is 13.2 Å². The van der Waals surface area contributed by atoms with Gasteiger partial charge in [-0.15, -0.1) is 0 Å². The van der Waals surface area contributed by atoms with Gasteiger partial charge in [0.15, 0.2) is 0 Å². The van der Waals surface area contributed by atoms with Crippen LogP contribution in [0.15, 0.2) is 71.6 Å². The predicted molar refractivity (Wildman–Crippen MR) is 126 cm³/mol. The third-order valence-corrected chi connectivity index (χ3v) is 7.01. The number of sulfonamides is 1. The molecule has 0 saturated carbocycles. The third kappa shape index (κ3) is 4.72. The number of rotatable bonds is 5. The molecule has 1 aliphatic heterocycles. The van der Waals surface area contributed by atoms with Gasteiger partial charge in [-0.1, -0.05) is 23.7 Å². The molecule has 0 fully saturated rings. The van der Waals surface area contributed by atoms with Crippen LogP contribution in [0.3, 0.4) is 0 Å². The Labute approximate surface area is 197 Å². The highest BCUT2D eigenvalue weighted by Gasteiger charge is 2.26. The Morgan fingerprint density at radius 3 is 2.48 bits per heavy atom. The highest BCUT2D eigenvalue weighted by atomic mass is 35.5. The summed E-state index contributed by atoms with van der Waals surface area (Å²) in [6.07, 6.45) is 1.34. The Morgan fingerprint density at radius 1 is 1.03 bits per heavy atom. The topological polar surface area (TPSA) is 92.8 Å². The zero-order valence-electron chi connectivity index (χ0n) is 17.7. The van der Waals surface area contributed by atoms with Crippen LogP contribution in [0.1, 0.15) is 32.7 Å². The molecule has 1 aliphatic rings. The van der Waals surface area contributed by atoms with Crippen LogP contribution in [0, 0.1) is 0 Å². The molecule has 1 heterocycles. The Kier molecular flexibility index (Phi) is 6.40. The van der Waals surface area contributed by atoms with E-state index in [2.05, 4.69) is 4.72 Å². The molecule has 0 saturated heterocycles. The van der Waals surface area contributed by atoms with E-state index in [1.54, 1.807) is 53.4 Å². The molecule has 1 amide bonds. The molecule has 0 aliphatic carbocycles. The quantitative estimate of drug-likeness (QED) is 0.537. The van der Waals surface area contributed by atoms with Crippen molar-refractivity contribution < 1.29 is 22.7 Å². The summed E-state index contributed by atoms with van der Waals surface area (Å²) in [4.78, 5) is 26.7. The Morgan fingerprint density at radius 2 is 1.76 bits per heavy atom. The second-order valence-corrected chi connectivity index (χ2v) is 9.62. The molecule has 7 nitrogen and oxygen atoms in total. The van der Waals surface area contributed by atoms with Crippen LogP contribution in [-0.2, 0) is 21.2 Å². The molecule has 0 atom stereocenters. The minimum Gasteiger partial charge on any atom is -0.465 e. The molecule has 9 heteroatoms. The van der Waals surface area contributed by atoms with Crippen molar-refractivity contribution in [1.29, 1.82) is 0 Å². The number of benzene rings is 3. The van der Waals surface area contributed by atoms with Crippen LogP contribution in [-0.4, -0.2) is 33.9 Å². The first-order chi connectivity index (χ1) is 15.8. The average molecular weight is 485 g/mol. The molecule has 1 N–H and O–H groups in total. The second-order valence-electron chi connectivity index (χ2n) is 7.50. The molecule has 0 radical (unpaired) electrons. The fraction of sp³-hybridized carbons (Fsp3) is 0.167. The van der Waals surface area contributed by atoms with Gasteiger partial charge in [0.25, 0.3) is 15.9 Å². The van der Waals surface area contributed by atoms with Gasteiger partial charge in [-0.2, -0.15) is 0 Å². The van der Waals surface area contributed by atoms with Gasteiger partial charge in [0, 0.05) is 22.8 Å². The van der Waals surface area contributed by atoms with Crippen molar-refractivity contribution in [3.05, 3.63) is 88.4 Å². The van der Waals surface area contributed by atoms with Gasteiger partial charge < -0.3 is 9.64 Å². The van der Waals surface area contributed by atoms with Crippen molar-refractivity contribution in [3.63, 3.8) is 0 Å². The molecule has 33 heavy (non-hydrogen) atoms. The maximum Gasteiger partial charge on any atom is 0.339 e. The minimum absolute atomic E-state index is 0.0433. The summed E-state index contributed by atoms with van der Waals surface area (Å²) >= 11 is 5.92. The summed E-state index contributed by atoms with van der Waals surface area (Å²) in [7, 11) is -2.75. The van der Waals surface area contributed by atoms with Gasteiger partial charge in [0.05, 0.1) is 23.3 Å². The zero-order chi connectivity index (χ0) is 23.6. The van der Waals surface area contributed by atoms with Crippen LogP contribution >= 0.6 is 11.6 Å². The van der Waals surface area contributed by atoms with E-state index in [4.69, 9.17) is 16.3 Å². The number of halogens is 1. The molecule has 0 unspecified atom stereocenters. The van der Waals surface area contributed by atoms with E-state index in [0.29, 0.717) is 35.7 Å². The largest absolute Gasteiger partial charge is 0.465 e. The number of aryl methyl sites for hydroxylation is 1. The number of carbonyl (C=O) groups is 2. The SMILES string of the molecule is COC(=O)c1ccccc1NS(=O)(=O)c1ccc2c(c1)CCCN2C(=O)c1ccc(Cl)cc1. The van der Waals surface area contributed by atoms with Crippen LogP contribution in [0.5, 0.6) is 0 Å². The summed E-state index contributed by atoms with van der Waals surface area (Å²) in [6, 6.07) is 17.5. The first-order valence-electron chi connectivity index (χ1n) is 10.2. The average Bonchev–Trinajstić information content (AvgIpc) is 2.83. The maximum atomic E-state index is 13.1. The van der Waals surface area contributed by atoms with Crippen molar-refractivity contribution >= 4 is 44.9 Å². The maximum absolute atomic E-state index is 13.1. The lowest BCUT2D eigenvalue weighted by molar-refractivity contribution is 0.0602. The third-order valence-electron chi connectivity index (χ3n) is 5.39. The van der Waals surface area contributed by atoms with E-state index in [9.17, 15) is 18.0 Å². The van der Waals surface area contributed by atoms with Crippen molar-refractivity contribution in [3.8, 4) is 0 Å². The fourth-order valence-corrected chi connectivity index (χ4v) is 5.02. The fourth-order valence-electron chi connectivity index (χ4n) is 3.76. The van der Waals surface area contributed by atoms with Gasteiger partial charge in [-0.3, -0.25) is 9.52 Å². The standard InChI is InChI=1S/C24H21ClN2O5S/c1-32-24(29)20-6-2-3-7-21(20)26-33(30,31)19-12-13-22-17(15-19)5-4-14-27(22)23(28)16-8-10-18(25)11-9-16/h2-3,6-13,15,26H,4-5,14H2,1H3. The number of hydrogen-bond donors (Lipinski definition) is 1. The smallest absolute Gasteiger partial charge is 0.339 e. The number of carbonyl (C=O) groups excluding carboxylic acids is 2. The van der Waals surface area contributed by atoms with Crippen LogP contribution < -0.4 is 9.62 Å². The predicted octanol–water partition coefficient (Wildman–Crippen LogP) is 4.52. The number of para-hydroxylation sites is 1. The Balaban J connectivity index is 1.63. The number of nitrogens with zero attached hydrogens (tertiary/aromatic N) is 1. The molecular weight excluding hydrogens is 464 g/mol. The lowest BCUT2D eigenvalue weighted by Gasteiger charge is -2.30. The molecule has 3 aromatic carbocycles. The molecule has 0 aromatic heterocycles. The van der Waals surface area contributed by atoms with Gasteiger partial charge in [-0.05, 0) is 73.0 Å². The number of nitrogens with one attached hydrogen (secondary N) is 1. The summed E-state index contributed by atoms with van der Waals surface area (Å²) in [5, 5.41) is 0.543. The first-order valence-corrected chi connectivity index (χ1v) is 12.1. The lowest BCUT2D eigenvalue weighted by atomic mass is 10.0. The highest BCUT2D eigenvalue weighted by Crippen LogP contribution is 2.31. The molecule has 0 spiro atoms. The Bertz CT molecular complexity index is 1320. The first kappa shape index (κ1) is 22.8. The van der Waals surface area contributed by atoms with E-state index < -0.39 is 16.0 Å². The molecule has 3 aromatic rings. The van der Waals surface area contributed by atoms with E-state index in [1.165, 1.54) is 25.3 Å². The van der Waals surface area contributed by atoms with Crippen LogP contribution in [0.2, 0.25) is 5.02 Å². The van der Waals surface area contributed by atoms with Gasteiger partial charge in [0.1, 0.15) is 0 Å². The summed E-state index contributed by atoms with van der Waals surface area (Å²) in [6.45, 7) is 0.533. The van der Waals surface area contributed by atoms with Crippen molar-refractivity contribution in [2.24, 2.45) is 0 Å². The summed E-state index contributed by atoms with van der Waals surface area (Å²) in [5.41, 5.74) is 2.18. The molecule has 0 bridgehead atoms. The summed E-state index contributed by atoms with van der Waals surface area (Å²) < 4.78 is 33.3. The van der Waals surface area contributed by atoms with Gasteiger partial charge >= 0.3 is 5.97 Å². The molecule has 170 valence electrons. The number of amides is 1. The van der Waals surface area contributed by atoms with E-state index >= 15 is 0 Å². The highest BCUT2D eigenvalue weighted by molar-refractivity contribution is 7.92. The lowest BCUT2D eigenvalue weighted by Crippen LogP contribution is -2.35. The number of hydrogen-bond acceptors (Lipinski definition) is 5. The van der Waals surface area contributed by atoms with Crippen LogP contribution in [0.4, 0.5) is 11.4 Å². The zero-order valence-corrected chi connectivity index (χ0v) is 19.3.